The van der Waals surface area contributed by atoms with E-state index in [-0.39, 0.29) is 11.3 Å². The van der Waals surface area contributed by atoms with Gasteiger partial charge in [0.15, 0.2) is 0 Å². The van der Waals surface area contributed by atoms with E-state index in [1.54, 1.807) is 25.3 Å². The number of ether oxygens (including phenoxy) is 1. The summed E-state index contributed by atoms with van der Waals surface area (Å²) in [4.78, 5) is 4.14. The van der Waals surface area contributed by atoms with Crippen LogP contribution in [0.5, 0.6) is 0 Å². The molecule has 0 fully saturated rings. The lowest BCUT2D eigenvalue weighted by Crippen LogP contribution is -1.94. The number of hydrogen-bond acceptors (Lipinski definition) is 2. The predicted molar refractivity (Wildman–Crippen MR) is 57.4 cm³/mol. The van der Waals surface area contributed by atoms with Crippen molar-refractivity contribution in [1.29, 1.82) is 0 Å². The van der Waals surface area contributed by atoms with E-state index in [0.29, 0.717) is 22.7 Å². The molecule has 1 heterocycles. The number of fused-ring (bicyclic) bond motifs is 1. The van der Waals surface area contributed by atoms with Gasteiger partial charge in [-0.05, 0) is 12.1 Å². The second-order valence-electron chi connectivity index (χ2n) is 3.16. The first-order chi connectivity index (χ1) is 7.22. The maximum atomic E-state index is 13.4. The highest BCUT2D eigenvalue weighted by Gasteiger charge is 2.07. The van der Waals surface area contributed by atoms with Crippen LogP contribution in [0.2, 0.25) is 5.02 Å². The van der Waals surface area contributed by atoms with E-state index < -0.39 is 0 Å². The summed E-state index contributed by atoms with van der Waals surface area (Å²) in [6.45, 7) is 0.323. The van der Waals surface area contributed by atoms with Crippen LogP contribution in [0.25, 0.3) is 10.9 Å². The molecule has 0 spiro atoms. The lowest BCUT2D eigenvalue weighted by Gasteiger charge is -2.04. The zero-order valence-electron chi connectivity index (χ0n) is 8.13. The van der Waals surface area contributed by atoms with Gasteiger partial charge in [0.25, 0.3) is 0 Å². The van der Waals surface area contributed by atoms with E-state index in [4.69, 9.17) is 16.3 Å². The Bertz CT molecular complexity index is 501. The molecule has 0 unspecified atom stereocenters. The van der Waals surface area contributed by atoms with E-state index >= 15 is 0 Å². The maximum Gasteiger partial charge on any atom is 0.149 e. The van der Waals surface area contributed by atoms with Crippen LogP contribution in [0, 0.1) is 5.82 Å². The number of para-hydroxylation sites is 1. The van der Waals surface area contributed by atoms with Crippen LogP contribution in [0.4, 0.5) is 4.39 Å². The summed E-state index contributed by atoms with van der Waals surface area (Å²) >= 11 is 6.01. The highest BCUT2D eigenvalue weighted by molar-refractivity contribution is 6.35. The molecule has 0 N–H and O–H groups in total. The Kier molecular flexibility index (Phi) is 2.84. The molecule has 0 atom stereocenters. The topological polar surface area (TPSA) is 22.1 Å². The van der Waals surface area contributed by atoms with E-state index in [1.165, 1.54) is 6.07 Å². The minimum Gasteiger partial charge on any atom is -0.378 e. The minimum atomic E-state index is -0.368. The fourth-order valence-electron chi connectivity index (χ4n) is 1.44. The van der Waals surface area contributed by atoms with Crippen molar-refractivity contribution in [2.24, 2.45) is 0 Å². The molecule has 78 valence electrons. The SMILES string of the molecule is COCc1cc(Cl)c2cccc(F)c2n1. The summed E-state index contributed by atoms with van der Waals surface area (Å²) in [5, 5.41) is 1.11. The Balaban J connectivity index is 2.68. The highest BCUT2D eigenvalue weighted by atomic mass is 35.5. The number of benzene rings is 1. The molecular weight excluding hydrogens is 217 g/mol. The van der Waals surface area contributed by atoms with Gasteiger partial charge in [0.2, 0.25) is 0 Å². The number of hydrogen-bond donors (Lipinski definition) is 0. The average molecular weight is 226 g/mol. The van der Waals surface area contributed by atoms with Crippen molar-refractivity contribution in [3.63, 3.8) is 0 Å². The third-order valence-electron chi connectivity index (χ3n) is 2.09. The first-order valence-electron chi connectivity index (χ1n) is 4.45. The molecule has 0 saturated carbocycles. The quantitative estimate of drug-likeness (QED) is 0.783. The summed E-state index contributed by atoms with van der Waals surface area (Å²) < 4.78 is 18.4. The van der Waals surface area contributed by atoms with Crippen molar-refractivity contribution in [3.8, 4) is 0 Å². The third kappa shape index (κ3) is 1.94. The van der Waals surface area contributed by atoms with Crippen molar-refractivity contribution in [2.75, 3.05) is 7.11 Å². The summed E-state index contributed by atoms with van der Waals surface area (Å²) in [5.41, 5.74) is 0.914. The summed E-state index contributed by atoms with van der Waals surface area (Å²) in [6, 6.07) is 6.40. The number of rotatable bonds is 2. The van der Waals surface area contributed by atoms with E-state index in [9.17, 15) is 4.39 Å². The first kappa shape index (κ1) is 10.3. The van der Waals surface area contributed by atoms with Gasteiger partial charge in [-0.25, -0.2) is 9.37 Å². The Morgan fingerprint density at radius 2 is 2.27 bits per heavy atom. The van der Waals surface area contributed by atoms with Gasteiger partial charge in [-0.2, -0.15) is 0 Å². The maximum absolute atomic E-state index is 13.4. The van der Waals surface area contributed by atoms with Crippen LogP contribution >= 0.6 is 11.6 Å². The second-order valence-corrected chi connectivity index (χ2v) is 3.57. The minimum absolute atomic E-state index is 0.289. The normalized spacial score (nSPS) is 10.9. The molecule has 0 radical (unpaired) electrons. The standard InChI is InChI=1S/C11H9ClFNO/c1-15-6-7-5-9(12)8-3-2-4-10(13)11(8)14-7/h2-5H,6H2,1H3. The van der Waals surface area contributed by atoms with Crippen LogP contribution in [0.1, 0.15) is 5.69 Å². The van der Waals surface area contributed by atoms with Crippen LogP contribution in [0.15, 0.2) is 24.3 Å². The van der Waals surface area contributed by atoms with Gasteiger partial charge in [0, 0.05) is 12.5 Å². The Labute approximate surface area is 91.6 Å². The Morgan fingerprint density at radius 1 is 1.47 bits per heavy atom. The number of nitrogens with zero attached hydrogens (tertiary/aromatic N) is 1. The molecule has 0 aliphatic heterocycles. The molecule has 0 aliphatic carbocycles. The molecule has 2 rings (SSSR count). The molecule has 2 nitrogen and oxygen atoms in total. The second kappa shape index (κ2) is 4.13. The van der Waals surface area contributed by atoms with Crippen molar-refractivity contribution in [1.82, 2.24) is 4.98 Å². The van der Waals surface area contributed by atoms with E-state index in [2.05, 4.69) is 4.98 Å². The number of methoxy groups -OCH3 is 1. The molecular formula is C11H9ClFNO. The number of halogens is 2. The predicted octanol–water partition coefficient (Wildman–Crippen LogP) is 3.17. The van der Waals surface area contributed by atoms with Gasteiger partial charge < -0.3 is 4.74 Å². The zero-order chi connectivity index (χ0) is 10.8. The smallest absolute Gasteiger partial charge is 0.149 e. The fourth-order valence-corrected chi connectivity index (χ4v) is 1.72. The van der Waals surface area contributed by atoms with Gasteiger partial charge in [0.1, 0.15) is 11.3 Å². The molecule has 2 aromatic rings. The average Bonchev–Trinajstić information content (AvgIpc) is 2.20. The molecule has 0 amide bonds. The first-order valence-corrected chi connectivity index (χ1v) is 4.82. The molecule has 0 aliphatic rings. The zero-order valence-corrected chi connectivity index (χ0v) is 8.88. The van der Waals surface area contributed by atoms with Crippen LogP contribution in [0.3, 0.4) is 0 Å². The van der Waals surface area contributed by atoms with Crippen LogP contribution in [-0.2, 0) is 11.3 Å². The van der Waals surface area contributed by atoms with Gasteiger partial charge in [-0.15, -0.1) is 0 Å². The third-order valence-corrected chi connectivity index (χ3v) is 2.40. The van der Waals surface area contributed by atoms with E-state index in [1.807, 2.05) is 0 Å². The van der Waals surface area contributed by atoms with Gasteiger partial charge >= 0.3 is 0 Å². The van der Waals surface area contributed by atoms with Gasteiger partial charge in [-0.1, -0.05) is 23.7 Å². The largest absolute Gasteiger partial charge is 0.378 e. The molecule has 1 aromatic carbocycles. The molecule has 1 aromatic heterocycles. The lowest BCUT2D eigenvalue weighted by molar-refractivity contribution is 0.182. The van der Waals surface area contributed by atoms with Crippen molar-refractivity contribution in [3.05, 3.63) is 40.8 Å². The number of aromatic nitrogens is 1. The van der Waals surface area contributed by atoms with Crippen molar-refractivity contribution < 1.29 is 9.13 Å². The van der Waals surface area contributed by atoms with Crippen molar-refractivity contribution >= 4 is 22.5 Å². The number of pyridine rings is 1. The van der Waals surface area contributed by atoms with Gasteiger partial charge in [-0.3, -0.25) is 0 Å². The molecule has 15 heavy (non-hydrogen) atoms. The van der Waals surface area contributed by atoms with Gasteiger partial charge in [0.05, 0.1) is 17.3 Å². The highest BCUT2D eigenvalue weighted by Crippen LogP contribution is 2.24. The van der Waals surface area contributed by atoms with Crippen LogP contribution in [-0.4, -0.2) is 12.1 Å². The van der Waals surface area contributed by atoms with Crippen molar-refractivity contribution in [2.45, 2.75) is 6.61 Å². The Hall–Kier alpha value is -1.19. The molecule has 0 bridgehead atoms. The van der Waals surface area contributed by atoms with E-state index in [0.717, 1.165) is 0 Å². The molecule has 4 heteroatoms. The summed E-state index contributed by atoms with van der Waals surface area (Å²) in [7, 11) is 1.56. The Morgan fingerprint density at radius 3 is 3.00 bits per heavy atom. The summed E-state index contributed by atoms with van der Waals surface area (Å²) in [5.74, 6) is -0.368. The lowest BCUT2D eigenvalue weighted by atomic mass is 10.2. The monoisotopic (exact) mass is 225 g/mol. The fraction of sp³-hybridized carbons (Fsp3) is 0.182. The van der Waals surface area contributed by atoms with Crippen LogP contribution < -0.4 is 0 Å². The molecule has 0 saturated heterocycles. The summed E-state index contributed by atoms with van der Waals surface area (Å²) in [6.07, 6.45) is 0.